The van der Waals surface area contributed by atoms with Crippen LogP contribution in [0.3, 0.4) is 0 Å². The standard InChI is InChI=1S/C17H16F2N6O2/c1-10-20-21-15-9-23(14(17(26)27)8-24(10)15)7-11-5-6-25(22-11)16-12(18)3-2-4-13(16)19/h2-6,14H,7-9H2,1H3,(H,26,27). The minimum Gasteiger partial charge on any atom is -0.480 e. The Balaban J connectivity index is 1.60. The van der Waals surface area contributed by atoms with Gasteiger partial charge < -0.3 is 9.67 Å². The Morgan fingerprint density at radius 3 is 2.70 bits per heavy atom. The number of benzene rings is 1. The molecule has 4 rings (SSSR count). The molecule has 0 aliphatic carbocycles. The van der Waals surface area contributed by atoms with E-state index in [4.69, 9.17) is 0 Å². The van der Waals surface area contributed by atoms with E-state index < -0.39 is 23.6 Å². The minimum absolute atomic E-state index is 0.200. The summed E-state index contributed by atoms with van der Waals surface area (Å²) in [5.74, 6) is -1.09. The SMILES string of the molecule is Cc1nnc2n1CC(C(=O)O)N(Cc1ccn(-c3c(F)cccc3F)n1)C2. The number of carboxylic acid groups (broad SMARTS) is 1. The van der Waals surface area contributed by atoms with Gasteiger partial charge in [-0.15, -0.1) is 10.2 Å². The summed E-state index contributed by atoms with van der Waals surface area (Å²) in [5, 5.41) is 21.8. The Labute approximate surface area is 152 Å². The lowest BCUT2D eigenvalue weighted by Gasteiger charge is -2.32. The molecular formula is C17H16F2N6O2. The van der Waals surface area contributed by atoms with Crippen LogP contribution in [0.25, 0.3) is 5.69 Å². The van der Waals surface area contributed by atoms with Gasteiger partial charge in [0.15, 0.2) is 11.6 Å². The number of hydrogen-bond acceptors (Lipinski definition) is 5. The Kier molecular flexibility index (Phi) is 4.19. The van der Waals surface area contributed by atoms with Crippen molar-refractivity contribution in [1.29, 1.82) is 0 Å². The highest BCUT2D eigenvalue weighted by Crippen LogP contribution is 2.21. The third-order valence-electron chi connectivity index (χ3n) is 4.61. The van der Waals surface area contributed by atoms with Gasteiger partial charge in [-0.2, -0.15) is 5.10 Å². The van der Waals surface area contributed by atoms with E-state index in [0.29, 0.717) is 23.9 Å². The van der Waals surface area contributed by atoms with Crippen molar-refractivity contribution in [1.82, 2.24) is 29.4 Å². The van der Waals surface area contributed by atoms with Gasteiger partial charge in [0.1, 0.15) is 23.4 Å². The summed E-state index contributed by atoms with van der Waals surface area (Å²) < 4.78 is 30.8. The predicted octanol–water partition coefficient (Wildman–Crippen LogP) is 1.52. The Morgan fingerprint density at radius 2 is 2.00 bits per heavy atom. The first kappa shape index (κ1) is 17.3. The van der Waals surface area contributed by atoms with Gasteiger partial charge in [-0.3, -0.25) is 9.69 Å². The van der Waals surface area contributed by atoms with Crippen molar-refractivity contribution < 1.29 is 18.7 Å². The number of hydrogen-bond donors (Lipinski definition) is 1. The predicted molar refractivity (Wildman–Crippen MR) is 88.9 cm³/mol. The topological polar surface area (TPSA) is 89.1 Å². The molecule has 140 valence electrons. The van der Waals surface area contributed by atoms with E-state index >= 15 is 0 Å². The van der Waals surface area contributed by atoms with Gasteiger partial charge in [-0.1, -0.05) is 6.07 Å². The number of carbonyl (C=O) groups is 1. The van der Waals surface area contributed by atoms with Crippen LogP contribution in [0.4, 0.5) is 8.78 Å². The quantitative estimate of drug-likeness (QED) is 0.745. The van der Waals surface area contributed by atoms with Crippen molar-refractivity contribution in [2.45, 2.75) is 32.6 Å². The number of aryl methyl sites for hydroxylation is 1. The van der Waals surface area contributed by atoms with Crippen molar-refractivity contribution in [3.8, 4) is 5.69 Å². The van der Waals surface area contributed by atoms with Crippen LogP contribution in [0.15, 0.2) is 30.5 Å². The lowest BCUT2D eigenvalue weighted by atomic mass is 10.1. The molecule has 3 heterocycles. The normalized spacial score (nSPS) is 17.1. The molecule has 0 amide bonds. The average molecular weight is 374 g/mol. The van der Waals surface area contributed by atoms with E-state index in [2.05, 4.69) is 15.3 Å². The summed E-state index contributed by atoms with van der Waals surface area (Å²) in [6.07, 6.45) is 1.45. The molecule has 0 bridgehead atoms. The second kappa shape index (κ2) is 6.54. The molecule has 1 N–H and O–H groups in total. The van der Waals surface area contributed by atoms with E-state index in [0.717, 1.165) is 16.8 Å². The van der Waals surface area contributed by atoms with Crippen LogP contribution >= 0.6 is 0 Å². The molecule has 2 aromatic heterocycles. The van der Waals surface area contributed by atoms with Gasteiger partial charge in [0.2, 0.25) is 0 Å². The smallest absolute Gasteiger partial charge is 0.322 e. The summed E-state index contributed by atoms with van der Waals surface area (Å²) in [6, 6.07) is 4.42. The highest BCUT2D eigenvalue weighted by molar-refractivity contribution is 5.73. The first-order valence-corrected chi connectivity index (χ1v) is 8.28. The van der Waals surface area contributed by atoms with Crippen molar-refractivity contribution >= 4 is 5.97 Å². The molecule has 0 radical (unpaired) electrons. The van der Waals surface area contributed by atoms with E-state index in [9.17, 15) is 18.7 Å². The van der Waals surface area contributed by atoms with Gasteiger partial charge in [-0.25, -0.2) is 13.5 Å². The number of nitrogens with zero attached hydrogens (tertiary/aromatic N) is 6. The molecule has 0 fully saturated rings. The molecule has 0 spiro atoms. The van der Waals surface area contributed by atoms with Crippen LogP contribution in [0.1, 0.15) is 17.3 Å². The fourth-order valence-corrected chi connectivity index (χ4v) is 3.25. The van der Waals surface area contributed by atoms with Gasteiger partial charge in [0.05, 0.1) is 18.8 Å². The zero-order valence-electron chi connectivity index (χ0n) is 14.4. The first-order valence-electron chi connectivity index (χ1n) is 8.28. The zero-order valence-corrected chi connectivity index (χ0v) is 14.4. The molecule has 10 heteroatoms. The maximum atomic E-state index is 13.9. The van der Waals surface area contributed by atoms with Crippen LogP contribution < -0.4 is 0 Å². The Bertz CT molecular complexity index is 995. The Hall–Kier alpha value is -3.14. The number of fused-ring (bicyclic) bond motifs is 1. The minimum atomic E-state index is -0.965. The third-order valence-corrected chi connectivity index (χ3v) is 4.61. The number of rotatable bonds is 4. The van der Waals surface area contributed by atoms with Crippen LogP contribution in [0.5, 0.6) is 0 Å². The number of aliphatic carboxylic acids is 1. The number of carboxylic acids is 1. The molecule has 27 heavy (non-hydrogen) atoms. The zero-order chi connectivity index (χ0) is 19.1. The number of halogens is 2. The second-order valence-corrected chi connectivity index (χ2v) is 6.35. The van der Waals surface area contributed by atoms with Gasteiger partial charge in [0, 0.05) is 12.7 Å². The highest BCUT2D eigenvalue weighted by Gasteiger charge is 2.33. The summed E-state index contributed by atoms with van der Waals surface area (Å²) in [7, 11) is 0. The summed E-state index contributed by atoms with van der Waals surface area (Å²) in [5.41, 5.74) is 0.223. The second-order valence-electron chi connectivity index (χ2n) is 6.35. The highest BCUT2D eigenvalue weighted by atomic mass is 19.1. The fourth-order valence-electron chi connectivity index (χ4n) is 3.25. The fraction of sp³-hybridized carbons (Fsp3) is 0.294. The lowest BCUT2D eigenvalue weighted by Crippen LogP contribution is -2.47. The molecule has 1 unspecified atom stereocenters. The lowest BCUT2D eigenvalue weighted by molar-refractivity contribution is -0.145. The molecule has 1 aliphatic heterocycles. The molecule has 1 aliphatic rings. The van der Waals surface area contributed by atoms with Crippen molar-refractivity contribution in [3.05, 3.63) is 59.4 Å². The maximum Gasteiger partial charge on any atom is 0.322 e. The molecule has 8 nitrogen and oxygen atoms in total. The van der Waals surface area contributed by atoms with Gasteiger partial charge in [-0.05, 0) is 25.1 Å². The molecule has 0 saturated heterocycles. The van der Waals surface area contributed by atoms with E-state index in [1.54, 1.807) is 22.5 Å². The number of aromatic nitrogens is 5. The van der Waals surface area contributed by atoms with Crippen LogP contribution in [0, 0.1) is 18.6 Å². The molecule has 1 aromatic carbocycles. The molecular weight excluding hydrogens is 358 g/mol. The first-order chi connectivity index (χ1) is 12.9. The maximum absolute atomic E-state index is 13.9. The van der Waals surface area contributed by atoms with Crippen LogP contribution in [0.2, 0.25) is 0 Å². The number of para-hydroxylation sites is 1. The Morgan fingerprint density at radius 1 is 1.26 bits per heavy atom. The molecule has 3 aromatic rings. The monoisotopic (exact) mass is 374 g/mol. The third kappa shape index (κ3) is 3.08. The van der Waals surface area contributed by atoms with Crippen molar-refractivity contribution in [2.24, 2.45) is 0 Å². The van der Waals surface area contributed by atoms with Crippen LogP contribution in [-0.4, -0.2) is 46.6 Å². The summed E-state index contributed by atoms with van der Waals surface area (Å²) in [4.78, 5) is 13.4. The van der Waals surface area contributed by atoms with Crippen molar-refractivity contribution in [2.75, 3.05) is 0 Å². The van der Waals surface area contributed by atoms with Gasteiger partial charge >= 0.3 is 5.97 Å². The summed E-state index contributed by atoms with van der Waals surface area (Å²) in [6.45, 7) is 2.49. The van der Waals surface area contributed by atoms with Crippen molar-refractivity contribution in [3.63, 3.8) is 0 Å². The average Bonchev–Trinajstić information content (AvgIpc) is 3.21. The largest absolute Gasteiger partial charge is 0.480 e. The van der Waals surface area contributed by atoms with E-state index in [1.807, 2.05) is 0 Å². The summed E-state index contributed by atoms with van der Waals surface area (Å²) >= 11 is 0. The molecule has 0 saturated carbocycles. The van der Waals surface area contributed by atoms with Gasteiger partial charge in [0.25, 0.3) is 0 Å². The van der Waals surface area contributed by atoms with E-state index in [-0.39, 0.29) is 18.8 Å². The van der Waals surface area contributed by atoms with Crippen LogP contribution in [-0.2, 0) is 24.4 Å². The molecule has 1 atom stereocenters. The van der Waals surface area contributed by atoms with E-state index in [1.165, 1.54) is 12.3 Å².